The van der Waals surface area contributed by atoms with Crippen LogP contribution in [0.1, 0.15) is 11.1 Å². The highest BCUT2D eigenvalue weighted by atomic mass is 32.1. The number of hydrogen-bond acceptors (Lipinski definition) is 6. The van der Waals surface area contributed by atoms with Crippen molar-refractivity contribution in [1.82, 2.24) is 14.9 Å². The highest BCUT2D eigenvalue weighted by Crippen LogP contribution is 2.29. The Kier molecular flexibility index (Phi) is 6.07. The van der Waals surface area contributed by atoms with Gasteiger partial charge in [0.25, 0.3) is 0 Å². The van der Waals surface area contributed by atoms with Crippen molar-refractivity contribution >= 4 is 39.7 Å². The Morgan fingerprint density at radius 3 is 2.61 bits per heavy atom. The fourth-order valence-corrected chi connectivity index (χ4v) is 4.85. The minimum atomic E-state index is 0.0318. The molecule has 2 aromatic carbocycles. The normalized spacial score (nSPS) is 14.5. The lowest BCUT2D eigenvalue weighted by molar-refractivity contribution is -0.117. The summed E-state index contributed by atoms with van der Waals surface area (Å²) >= 11 is 1.65. The van der Waals surface area contributed by atoms with E-state index in [0.717, 1.165) is 65.5 Å². The molecule has 0 bridgehead atoms. The largest absolute Gasteiger partial charge is 0.353 e. The summed E-state index contributed by atoms with van der Waals surface area (Å²) in [6.07, 6.45) is 0. The highest BCUT2D eigenvalue weighted by molar-refractivity contribution is 7.08. The summed E-state index contributed by atoms with van der Waals surface area (Å²) in [6.45, 7) is 7.76. The van der Waals surface area contributed by atoms with Gasteiger partial charge in [0.2, 0.25) is 5.91 Å². The maximum absolute atomic E-state index is 12.7. The van der Waals surface area contributed by atoms with Crippen LogP contribution in [0.3, 0.4) is 0 Å². The van der Waals surface area contributed by atoms with Crippen LogP contribution in [0.25, 0.3) is 22.3 Å². The average Bonchev–Trinajstić information content (AvgIpc) is 3.37. The van der Waals surface area contributed by atoms with Gasteiger partial charge in [-0.1, -0.05) is 24.3 Å². The first-order valence-corrected chi connectivity index (χ1v) is 12.2. The fraction of sp³-hybridized carbons (Fsp3) is 0.269. The quantitative estimate of drug-likeness (QED) is 0.469. The number of nitrogens with zero attached hydrogens (tertiary/aromatic N) is 4. The Bertz CT molecular complexity index is 1280. The van der Waals surface area contributed by atoms with E-state index in [1.165, 1.54) is 5.56 Å². The van der Waals surface area contributed by atoms with Gasteiger partial charge in [-0.15, -0.1) is 0 Å². The first kappa shape index (κ1) is 21.6. The third kappa shape index (κ3) is 4.60. The molecule has 4 aromatic rings. The lowest BCUT2D eigenvalue weighted by Crippen LogP contribution is -2.49. The number of hydrogen-bond donors (Lipinski definition) is 1. The van der Waals surface area contributed by atoms with Crippen LogP contribution in [-0.2, 0) is 4.79 Å². The van der Waals surface area contributed by atoms with Crippen LogP contribution in [0.5, 0.6) is 0 Å². The molecule has 3 heterocycles. The molecule has 1 aliphatic rings. The van der Waals surface area contributed by atoms with Crippen molar-refractivity contribution < 1.29 is 4.79 Å². The van der Waals surface area contributed by atoms with E-state index >= 15 is 0 Å². The van der Waals surface area contributed by atoms with Crippen molar-refractivity contribution in [3.63, 3.8) is 0 Å². The topological polar surface area (TPSA) is 61.4 Å². The molecule has 7 heteroatoms. The Hall–Kier alpha value is -3.29. The molecule has 5 rings (SSSR count). The van der Waals surface area contributed by atoms with Crippen LogP contribution in [0.15, 0.2) is 59.3 Å². The lowest BCUT2D eigenvalue weighted by Gasteiger charge is -2.35. The summed E-state index contributed by atoms with van der Waals surface area (Å²) in [6, 6.07) is 16.2. The highest BCUT2D eigenvalue weighted by Gasteiger charge is 2.22. The Morgan fingerprint density at radius 2 is 1.82 bits per heavy atom. The molecule has 0 spiro atoms. The molecule has 1 aliphatic heterocycles. The fourth-order valence-electron chi connectivity index (χ4n) is 4.22. The molecule has 0 atom stereocenters. The number of amides is 1. The lowest BCUT2D eigenvalue weighted by atomic mass is 10.1. The van der Waals surface area contributed by atoms with E-state index in [4.69, 9.17) is 9.97 Å². The molecule has 1 saturated heterocycles. The molecule has 2 aromatic heterocycles. The van der Waals surface area contributed by atoms with E-state index < -0.39 is 0 Å². The van der Waals surface area contributed by atoms with Crippen LogP contribution >= 0.6 is 11.3 Å². The molecular weight excluding hydrogens is 430 g/mol. The number of benzene rings is 2. The van der Waals surface area contributed by atoms with Crippen molar-refractivity contribution in [1.29, 1.82) is 0 Å². The molecule has 6 nitrogen and oxygen atoms in total. The summed E-state index contributed by atoms with van der Waals surface area (Å²) in [5.74, 6) is 1.77. The number of fused-ring (bicyclic) bond motifs is 1. The number of rotatable bonds is 5. The first-order valence-electron chi connectivity index (χ1n) is 11.2. The molecule has 168 valence electrons. The molecule has 33 heavy (non-hydrogen) atoms. The zero-order chi connectivity index (χ0) is 22.8. The molecule has 0 unspecified atom stereocenters. The molecule has 1 N–H and O–H groups in total. The molecule has 0 aliphatic carbocycles. The van der Waals surface area contributed by atoms with Crippen molar-refractivity contribution in [2.24, 2.45) is 0 Å². The van der Waals surface area contributed by atoms with Crippen LogP contribution in [0.4, 0.5) is 11.5 Å². The van der Waals surface area contributed by atoms with Gasteiger partial charge in [-0.05, 0) is 54.6 Å². The van der Waals surface area contributed by atoms with E-state index in [1.54, 1.807) is 11.3 Å². The maximum Gasteiger partial charge on any atom is 0.238 e. The second-order valence-electron chi connectivity index (χ2n) is 8.46. The van der Waals surface area contributed by atoms with Gasteiger partial charge < -0.3 is 10.2 Å². The van der Waals surface area contributed by atoms with Gasteiger partial charge in [0.1, 0.15) is 5.82 Å². The average molecular weight is 458 g/mol. The minimum absolute atomic E-state index is 0.0318. The third-order valence-corrected chi connectivity index (χ3v) is 6.96. The predicted octanol–water partition coefficient (Wildman–Crippen LogP) is 4.74. The predicted molar refractivity (Wildman–Crippen MR) is 136 cm³/mol. The molecule has 1 fully saturated rings. The zero-order valence-electron chi connectivity index (χ0n) is 18.9. The van der Waals surface area contributed by atoms with Gasteiger partial charge in [0, 0.05) is 48.2 Å². The van der Waals surface area contributed by atoms with Gasteiger partial charge in [-0.25, -0.2) is 9.97 Å². The number of nitrogens with one attached hydrogen (secondary N) is 1. The zero-order valence-corrected chi connectivity index (χ0v) is 19.7. The van der Waals surface area contributed by atoms with Crippen molar-refractivity contribution in [2.45, 2.75) is 13.8 Å². The second kappa shape index (κ2) is 9.29. The van der Waals surface area contributed by atoms with E-state index in [0.29, 0.717) is 6.54 Å². The minimum Gasteiger partial charge on any atom is -0.353 e. The first-order chi connectivity index (χ1) is 16.1. The second-order valence-corrected chi connectivity index (χ2v) is 9.24. The summed E-state index contributed by atoms with van der Waals surface area (Å²) in [7, 11) is 0. The summed E-state index contributed by atoms with van der Waals surface area (Å²) in [5.41, 5.74) is 5.20. The van der Waals surface area contributed by atoms with Crippen LogP contribution in [0.2, 0.25) is 0 Å². The van der Waals surface area contributed by atoms with Crippen LogP contribution in [-0.4, -0.2) is 53.5 Å². The summed E-state index contributed by atoms with van der Waals surface area (Å²) < 4.78 is 0. The summed E-state index contributed by atoms with van der Waals surface area (Å²) in [5, 5.41) is 8.28. The maximum atomic E-state index is 12.7. The van der Waals surface area contributed by atoms with E-state index in [9.17, 15) is 4.79 Å². The van der Waals surface area contributed by atoms with Gasteiger partial charge in [-0.3, -0.25) is 9.69 Å². The van der Waals surface area contributed by atoms with Crippen molar-refractivity contribution in [3.05, 3.63) is 70.4 Å². The number of aryl methyl sites for hydroxylation is 1. The van der Waals surface area contributed by atoms with E-state index in [-0.39, 0.29) is 5.91 Å². The van der Waals surface area contributed by atoms with Crippen LogP contribution in [0, 0.1) is 13.8 Å². The third-order valence-electron chi connectivity index (χ3n) is 6.28. The Balaban J connectivity index is 1.28. The standard InChI is InChI=1S/C26H27N5OS/c1-18-6-5-9-22(19(18)2)27-24(32)16-30-11-13-31(14-12-30)26-21-7-3-4-8-23(21)28-25(29-26)20-10-15-33-17-20/h3-10,15,17H,11-14,16H2,1-2H3,(H,27,32). The van der Waals surface area contributed by atoms with Gasteiger partial charge in [-0.2, -0.15) is 11.3 Å². The van der Waals surface area contributed by atoms with Crippen molar-refractivity contribution in [2.75, 3.05) is 42.9 Å². The number of carbonyl (C=O) groups is 1. The number of thiophene rings is 1. The number of piperazine rings is 1. The molecule has 1 amide bonds. The molecule has 0 radical (unpaired) electrons. The smallest absolute Gasteiger partial charge is 0.238 e. The number of anilines is 2. The SMILES string of the molecule is Cc1cccc(NC(=O)CN2CCN(c3nc(-c4ccsc4)nc4ccccc34)CC2)c1C. The van der Waals surface area contributed by atoms with Gasteiger partial charge in [0.15, 0.2) is 5.82 Å². The van der Waals surface area contributed by atoms with Crippen LogP contribution < -0.4 is 10.2 Å². The Labute approximate surface area is 197 Å². The van der Waals surface area contributed by atoms with Gasteiger partial charge in [0.05, 0.1) is 12.1 Å². The monoisotopic (exact) mass is 457 g/mol. The van der Waals surface area contributed by atoms with Crippen molar-refractivity contribution in [3.8, 4) is 11.4 Å². The number of aromatic nitrogens is 2. The number of para-hydroxylation sites is 1. The molecular formula is C26H27N5OS. The molecule has 0 saturated carbocycles. The Morgan fingerprint density at radius 1 is 1.00 bits per heavy atom. The number of carbonyl (C=O) groups excluding carboxylic acids is 1. The summed E-state index contributed by atoms with van der Waals surface area (Å²) in [4.78, 5) is 26.9. The van der Waals surface area contributed by atoms with E-state index in [2.05, 4.69) is 51.0 Å². The van der Waals surface area contributed by atoms with E-state index in [1.807, 2.05) is 37.3 Å². The van der Waals surface area contributed by atoms with Gasteiger partial charge >= 0.3 is 0 Å².